The first-order valence-corrected chi connectivity index (χ1v) is 19.8. The van der Waals surface area contributed by atoms with Crippen molar-refractivity contribution in [1.29, 1.82) is 5.26 Å². The molecular formula is C43H39IrN3OSi-2. The topological polar surface area (TPSA) is 62.7 Å². The standard InChI is InChI=1S/C28H24NO.C15H15N2Si.Ir/c1-17(2)24-15-26(29-16-19(24)4)23-12-8-11-22-25-14-21(20-9-6-5-7-10-20)13-18(3)27(25)30-28(22)23;1-18(2,3)14-8-9-15(17-11-14)13-6-4-12(10-16)5-7-13;/h5-11,13-17H,1-4H3;4-6,8-9,11H,1-3H3;/q2*-1;. The summed E-state index contributed by atoms with van der Waals surface area (Å²) in [5.74, 6) is 0.442. The number of fused-ring (bicyclic) bond motifs is 3. The van der Waals surface area contributed by atoms with Crippen LogP contribution in [-0.4, -0.2) is 18.0 Å². The van der Waals surface area contributed by atoms with Crippen LogP contribution < -0.4 is 5.19 Å². The van der Waals surface area contributed by atoms with E-state index < -0.39 is 8.07 Å². The predicted octanol–water partition coefficient (Wildman–Crippen LogP) is 10.8. The first kappa shape index (κ1) is 35.6. The number of hydrogen-bond donors (Lipinski definition) is 0. The Morgan fingerprint density at radius 2 is 1.51 bits per heavy atom. The monoisotopic (exact) mass is 834 g/mol. The Bertz CT molecular complexity index is 2260. The second-order valence-corrected chi connectivity index (χ2v) is 18.7. The fraction of sp³-hybridized carbons (Fsp3) is 0.186. The third-order valence-corrected chi connectivity index (χ3v) is 10.7. The van der Waals surface area contributed by atoms with Crippen LogP contribution in [0, 0.1) is 37.3 Å². The van der Waals surface area contributed by atoms with E-state index in [1.54, 1.807) is 12.1 Å². The first-order valence-electron chi connectivity index (χ1n) is 16.3. The minimum absolute atomic E-state index is 0. The van der Waals surface area contributed by atoms with Gasteiger partial charge < -0.3 is 14.4 Å². The van der Waals surface area contributed by atoms with Crippen LogP contribution in [0.15, 0.2) is 108 Å². The number of aromatic nitrogens is 2. The largest absolute Gasteiger partial charge is 0.500 e. The summed E-state index contributed by atoms with van der Waals surface area (Å²) in [6.45, 7) is 15.6. The molecule has 1 radical (unpaired) electrons. The van der Waals surface area contributed by atoms with Crippen molar-refractivity contribution in [2.75, 3.05) is 0 Å². The molecule has 0 aliphatic heterocycles. The molecule has 0 saturated heterocycles. The fourth-order valence-electron chi connectivity index (χ4n) is 5.95. The van der Waals surface area contributed by atoms with Gasteiger partial charge in [-0.2, -0.15) is 0 Å². The molecule has 0 aliphatic rings. The summed E-state index contributed by atoms with van der Waals surface area (Å²) in [5, 5.41) is 12.3. The molecule has 247 valence electrons. The number of hydrogen-bond acceptors (Lipinski definition) is 4. The minimum atomic E-state index is -1.29. The van der Waals surface area contributed by atoms with Crippen molar-refractivity contribution in [2.24, 2.45) is 0 Å². The molecule has 0 unspecified atom stereocenters. The van der Waals surface area contributed by atoms with Crippen molar-refractivity contribution in [3.05, 3.63) is 138 Å². The van der Waals surface area contributed by atoms with Crippen LogP contribution in [0.3, 0.4) is 0 Å². The van der Waals surface area contributed by atoms with Gasteiger partial charge in [0.25, 0.3) is 0 Å². The summed E-state index contributed by atoms with van der Waals surface area (Å²) in [5.41, 5.74) is 12.1. The number of rotatable bonds is 5. The van der Waals surface area contributed by atoms with Gasteiger partial charge in [0.15, 0.2) is 0 Å². The minimum Gasteiger partial charge on any atom is -0.500 e. The molecule has 0 bridgehead atoms. The Labute approximate surface area is 304 Å². The third kappa shape index (κ3) is 7.66. The Hall–Kier alpha value is -4.66. The molecule has 0 fully saturated rings. The van der Waals surface area contributed by atoms with Gasteiger partial charge in [0.2, 0.25) is 0 Å². The quantitative estimate of drug-likeness (QED) is 0.128. The summed E-state index contributed by atoms with van der Waals surface area (Å²) in [6.07, 6.45) is 3.92. The van der Waals surface area contributed by atoms with Gasteiger partial charge in [-0.3, -0.25) is 0 Å². The van der Waals surface area contributed by atoms with E-state index in [0.29, 0.717) is 11.5 Å². The molecule has 0 N–H and O–H groups in total. The van der Waals surface area contributed by atoms with Crippen LogP contribution in [0.1, 0.15) is 42.0 Å². The van der Waals surface area contributed by atoms with Crippen molar-refractivity contribution in [3.8, 4) is 39.7 Å². The molecule has 0 amide bonds. The molecule has 7 aromatic rings. The van der Waals surface area contributed by atoms with Gasteiger partial charge in [0.05, 0.1) is 13.7 Å². The number of nitriles is 1. The second-order valence-electron chi connectivity index (χ2n) is 13.6. The van der Waals surface area contributed by atoms with Gasteiger partial charge in [0.1, 0.15) is 5.58 Å². The smallest absolute Gasteiger partial charge is 0.123 e. The Balaban J connectivity index is 0.000000212. The summed E-state index contributed by atoms with van der Waals surface area (Å²) in [6, 6.07) is 39.3. The molecule has 0 saturated carbocycles. The maximum atomic E-state index is 8.74. The number of benzene rings is 4. The molecule has 4 aromatic carbocycles. The Kier molecular flexibility index (Phi) is 10.8. The van der Waals surface area contributed by atoms with E-state index in [2.05, 4.69) is 125 Å². The van der Waals surface area contributed by atoms with Gasteiger partial charge in [-0.15, -0.1) is 48.0 Å². The van der Waals surface area contributed by atoms with Crippen LogP contribution in [0.5, 0.6) is 0 Å². The van der Waals surface area contributed by atoms with Gasteiger partial charge in [-0.1, -0.05) is 93.0 Å². The van der Waals surface area contributed by atoms with Crippen LogP contribution in [0.2, 0.25) is 19.6 Å². The van der Waals surface area contributed by atoms with Gasteiger partial charge in [-0.25, -0.2) is 5.26 Å². The van der Waals surface area contributed by atoms with Crippen LogP contribution in [-0.2, 0) is 20.1 Å². The zero-order chi connectivity index (χ0) is 34.0. The van der Waals surface area contributed by atoms with E-state index in [4.69, 9.17) is 14.7 Å². The average Bonchev–Trinajstić information content (AvgIpc) is 3.48. The summed E-state index contributed by atoms with van der Waals surface area (Å²) in [7, 11) is -1.29. The number of aryl methyl sites for hydroxylation is 2. The first-order chi connectivity index (χ1) is 23.0. The van der Waals surface area contributed by atoms with Gasteiger partial charge in [-0.05, 0) is 81.9 Å². The van der Waals surface area contributed by atoms with Crippen molar-refractivity contribution >= 4 is 35.2 Å². The van der Waals surface area contributed by atoms with E-state index in [1.807, 2.05) is 36.7 Å². The molecule has 0 atom stereocenters. The van der Waals surface area contributed by atoms with Crippen molar-refractivity contribution in [2.45, 2.75) is 53.3 Å². The van der Waals surface area contributed by atoms with Gasteiger partial charge >= 0.3 is 0 Å². The molecule has 0 spiro atoms. The zero-order valence-corrected chi connectivity index (χ0v) is 32.4. The summed E-state index contributed by atoms with van der Waals surface area (Å²) in [4.78, 5) is 9.20. The SMILES string of the molecule is C[Si](C)(C)c1ccc(-c2[c-]cc(C#N)cc2)nc1.Cc1cnc(-c2[c-]ccc3c2oc2c(C)cc(-c4ccccc4)cc23)cc1C(C)C.[Ir]. The Morgan fingerprint density at radius 1 is 0.755 bits per heavy atom. The van der Waals surface area contributed by atoms with E-state index in [9.17, 15) is 0 Å². The third-order valence-electron chi connectivity index (χ3n) is 8.70. The summed E-state index contributed by atoms with van der Waals surface area (Å²) < 4.78 is 6.42. The van der Waals surface area contributed by atoms with E-state index in [0.717, 1.165) is 50.0 Å². The maximum Gasteiger partial charge on any atom is 0.123 e. The fourth-order valence-corrected chi connectivity index (χ4v) is 6.99. The van der Waals surface area contributed by atoms with Crippen LogP contribution in [0.4, 0.5) is 0 Å². The van der Waals surface area contributed by atoms with Gasteiger partial charge in [0, 0.05) is 44.0 Å². The normalized spacial score (nSPS) is 11.2. The van der Waals surface area contributed by atoms with Crippen LogP contribution in [0.25, 0.3) is 55.6 Å². The summed E-state index contributed by atoms with van der Waals surface area (Å²) >= 11 is 0. The van der Waals surface area contributed by atoms with Crippen LogP contribution >= 0.6 is 0 Å². The number of pyridine rings is 2. The molecule has 6 heteroatoms. The molecule has 0 aliphatic carbocycles. The van der Waals surface area contributed by atoms with Crippen molar-refractivity contribution in [3.63, 3.8) is 0 Å². The molecule has 7 rings (SSSR count). The van der Waals surface area contributed by atoms with E-state index in [-0.39, 0.29) is 20.1 Å². The molecule has 49 heavy (non-hydrogen) atoms. The molecule has 3 aromatic heterocycles. The maximum absolute atomic E-state index is 8.74. The molecule has 4 nitrogen and oxygen atoms in total. The molecule has 3 heterocycles. The molecular weight excluding hydrogens is 795 g/mol. The number of nitrogens with zero attached hydrogens (tertiary/aromatic N) is 3. The second kappa shape index (κ2) is 14.8. The number of furan rings is 1. The van der Waals surface area contributed by atoms with Crippen molar-refractivity contribution < 1.29 is 24.5 Å². The zero-order valence-electron chi connectivity index (χ0n) is 29.0. The average molecular weight is 834 g/mol. The van der Waals surface area contributed by atoms with E-state index >= 15 is 0 Å². The van der Waals surface area contributed by atoms with Crippen molar-refractivity contribution in [1.82, 2.24) is 9.97 Å². The predicted molar refractivity (Wildman–Crippen MR) is 201 cm³/mol. The Morgan fingerprint density at radius 3 is 2.14 bits per heavy atom. The van der Waals surface area contributed by atoms with E-state index in [1.165, 1.54) is 27.4 Å².